The number of hydrogen-bond donors (Lipinski definition) is 6. The smallest absolute Gasteiger partial charge is 0.472 e. The first kappa shape index (κ1) is 29.1. The normalized spacial score (nSPS) is 33.1. The van der Waals surface area contributed by atoms with Gasteiger partial charge in [0.25, 0.3) is 0 Å². The number of aliphatic hydroxyl groups excluding tert-OH is 3. The van der Waals surface area contributed by atoms with Gasteiger partial charge in [-0.2, -0.15) is 0 Å². The number of carboxylic acids is 1. The molecule has 14 heteroatoms. The number of rotatable bonds is 3. The van der Waals surface area contributed by atoms with Crippen LogP contribution in [0.4, 0.5) is 0 Å². The van der Waals surface area contributed by atoms with Crippen molar-refractivity contribution in [2.45, 2.75) is 30.7 Å². The van der Waals surface area contributed by atoms with Crippen LogP contribution in [0.3, 0.4) is 0 Å². The standard InChI is InChI=1S/C6H11O10P.3K/c7-1-2(8)4(5(10)11)15-6(3(1)9)16-17(12,13)14;;;/h1-4,6-9H,(H,10,11)(H2,12,13,14);;;/t1-,2-,3+,4-,6+;;;/m0.../s1. The van der Waals surface area contributed by atoms with Crippen molar-refractivity contribution in [3.8, 4) is 0 Å². The third-order valence-electron chi connectivity index (χ3n) is 2.05. The van der Waals surface area contributed by atoms with E-state index in [1.165, 1.54) is 0 Å². The number of ether oxygens (including phenoxy) is 1. The Morgan fingerprint density at radius 3 is 1.80 bits per heavy atom. The van der Waals surface area contributed by atoms with E-state index in [4.69, 9.17) is 14.9 Å². The molecule has 6 N–H and O–H groups in total. The average molecular weight is 391 g/mol. The first-order chi connectivity index (χ1) is 7.63. The Balaban J connectivity index is -0.000000963. The summed E-state index contributed by atoms with van der Waals surface area (Å²) in [6.07, 6.45) is -9.94. The molecule has 0 amide bonds. The quantitative estimate of drug-likeness (QED) is 0.205. The predicted molar refractivity (Wildman–Crippen MR) is 64.7 cm³/mol. The zero-order valence-electron chi connectivity index (χ0n) is 11.2. The fraction of sp³-hybridized carbons (Fsp3) is 0.833. The van der Waals surface area contributed by atoms with Crippen molar-refractivity contribution in [1.82, 2.24) is 0 Å². The third kappa shape index (κ3) is 9.14. The molecule has 0 aliphatic carbocycles. The Morgan fingerprint density at radius 1 is 1.00 bits per heavy atom. The molecule has 0 unspecified atom stereocenters. The summed E-state index contributed by atoms with van der Waals surface area (Å²) in [6, 6.07) is 0. The van der Waals surface area contributed by atoms with Crippen LogP contribution in [0, 0.1) is 0 Å². The van der Waals surface area contributed by atoms with Crippen molar-refractivity contribution in [1.29, 1.82) is 0 Å². The van der Waals surface area contributed by atoms with Crippen molar-refractivity contribution in [3.63, 3.8) is 0 Å². The number of hydrogen-bond acceptors (Lipinski definition) is 7. The molecule has 1 heterocycles. The van der Waals surface area contributed by atoms with Crippen LogP contribution >= 0.6 is 7.82 Å². The Bertz CT molecular complexity index is 350. The van der Waals surface area contributed by atoms with Crippen molar-refractivity contribution in [2.24, 2.45) is 0 Å². The van der Waals surface area contributed by atoms with Crippen LogP contribution in [0.5, 0.6) is 0 Å². The number of carbonyl (C=O) groups is 1. The summed E-state index contributed by atoms with van der Waals surface area (Å²) >= 11 is 0. The van der Waals surface area contributed by atoms with Crippen LogP contribution in [0.2, 0.25) is 0 Å². The molecule has 3 radical (unpaired) electrons. The van der Waals surface area contributed by atoms with Gasteiger partial charge in [0.1, 0.15) is 18.3 Å². The summed E-state index contributed by atoms with van der Waals surface area (Å²) in [6.45, 7) is 0. The topological polar surface area (TPSA) is 174 Å². The summed E-state index contributed by atoms with van der Waals surface area (Å²) < 4.78 is 18.9. The first-order valence-electron chi connectivity index (χ1n) is 4.30. The molecular weight excluding hydrogens is 380 g/mol. The van der Waals surface area contributed by atoms with E-state index in [0.29, 0.717) is 0 Å². The molecule has 1 aliphatic heterocycles. The Labute approximate surface area is 241 Å². The number of phosphoric ester groups is 1. The predicted octanol–water partition coefficient (Wildman–Crippen LogP) is -4.15. The fourth-order valence-electron chi connectivity index (χ4n) is 1.27. The number of phosphoric acid groups is 1. The van der Waals surface area contributed by atoms with Gasteiger partial charge in [0, 0.05) is 154 Å². The Morgan fingerprint density at radius 2 is 1.45 bits per heavy atom. The zero-order valence-corrected chi connectivity index (χ0v) is 21.4. The third-order valence-corrected chi connectivity index (χ3v) is 2.54. The van der Waals surface area contributed by atoms with Gasteiger partial charge in [-0.3, -0.25) is 4.52 Å². The van der Waals surface area contributed by atoms with Gasteiger partial charge in [-0.05, 0) is 0 Å². The average Bonchev–Trinajstić information content (AvgIpc) is 2.16. The maximum Gasteiger partial charge on any atom is 0.472 e. The molecular formula is C6H11K3O10P. The van der Waals surface area contributed by atoms with E-state index < -0.39 is 44.5 Å². The number of aliphatic hydroxyl groups is 3. The molecule has 1 aliphatic rings. The van der Waals surface area contributed by atoms with Crippen LogP contribution in [0.1, 0.15) is 0 Å². The van der Waals surface area contributed by atoms with Gasteiger partial charge < -0.3 is 34.9 Å². The van der Waals surface area contributed by atoms with E-state index in [2.05, 4.69) is 9.26 Å². The summed E-state index contributed by atoms with van der Waals surface area (Å²) in [5.74, 6) is -1.68. The molecule has 10 nitrogen and oxygen atoms in total. The molecule has 5 atom stereocenters. The van der Waals surface area contributed by atoms with Gasteiger partial charge in [0.2, 0.25) is 0 Å². The van der Waals surface area contributed by atoms with Gasteiger partial charge >= 0.3 is 13.8 Å². The Kier molecular flexibility index (Phi) is 18.4. The maximum atomic E-state index is 10.6. The molecule has 0 bridgehead atoms. The van der Waals surface area contributed by atoms with Crippen LogP contribution in [-0.4, -0.2) is 221 Å². The van der Waals surface area contributed by atoms with Crippen molar-refractivity contribution >= 4 is 168 Å². The Hall–Kier alpha value is 4.33. The molecule has 1 saturated heterocycles. The van der Waals surface area contributed by atoms with E-state index in [0.717, 1.165) is 0 Å². The molecule has 0 saturated carbocycles. The van der Waals surface area contributed by atoms with E-state index in [-0.39, 0.29) is 154 Å². The summed E-state index contributed by atoms with van der Waals surface area (Å²) in [7, 11) is -5.05. The van der Waals surface area contributed by atoms with Gasteiger partial charge in [-0.15, -0.1) is 0 Å². The van der Waals surface area contributed by atoms with E-state index in [9.17, 15) is 24.7 Å². The number of carboxylic acid groups (broad SMARTS) is 1. The zero-order chi connectivity index (χ0) is 13.4. The van der Waals surface area contributed by atoms with Gasteiger partial charge in [-0.25, -0.2) is 9.36 Å². The summed E-state index contributed by atoms with van der Waals surface area (Å²) in [5, 5.41) is 36.4. The minimum Gasteiger partial charge on any atom is -0.479 e. The molecule has 20 heavy (non-hydrogen) atoms. The summed E-state index contributed by atoms with van der Waals surface area (Å²) in [4.78, 5) is 27.5. The SMILES string of the molecule is O=C(O)[C@H]1O[C@H](OP(=O)(O)O)[C@H](O)[C@@H](O)[C@@H]1O.[K].[K].[K]. The first-order valence-corrected chi connectivity index (χ1v) is 5.83. The number of aliphatic carboxylic acids is 1. The van der Waals surface area contributed by atoms with Crippen molar-refractivity contribution < 1.29 is 48.8 Å². The summed E-state index contributed by atoms with van der Waals surface area (Å²) in [5.41, 5.74) is 0. The largest absolute Gasteiger partial charge is 0.479 e. The van der Waals surface area contributed by atoms with E-state index in [1.54, 1.807) is 0 Å². The molecule has 103 valence electrons. The minimum atomic E-state index is -5.05. The molecule has 0 aromatic rings. The second-order valence-corrected chi connectivity index (χ2v) is 4.52. The van der Waals surface area contributed by atoms with E-state index in [1.807, 2.05) is 0 Å². The molecule has 1 fully saturated rings. The van der Waals surface area contributed by atoms with Gasteiger partial charge in [0.05, 0.1) is 0 Å². The fourth-order valence-corrected chi connectivity index (χ4v) is 1.72. The van der Waals surface area contributed by atoms with Gasteiger partial charge in [-0.1, -0.05) is 0 Å². The molecule has 0 aromatic heterocycles. The van der Waals surface area contributed by atoms with Crippen LogP contribution < -0.4 is 0 Å². The molecule has 0 spiro atoms. The molecule has 0 aromatic carbocycles. The molecule has 1 rings (SSSR count). The van der Waals surface area contributed by atoms with Crippen LogP contribution in [0.15, 0.2) is 0 Å². The minimum absolute atomic E-state index is 0. The second-order valence-electron chi connectivity index (χ2n) is 3.33. The van der Waals surface area contributed by atoms with Crippen LogP contribution in [-0.2, 0) is 18.6 Å². The second kappa shape index (κ2) is 12.6. The van der Waals surface area contributed by atoms with Crippen LogP contribution in [0.25, 0.3) is 0 Å². The monoisotopic (exact) mass is 391 g/mol. The van der Waals surface area contributed by atoms with Crippen molar-refractivity contribution in [2.75, 3.05) is 0 Å². The van der Waals surface area contributed by atoms with E-state index >= 15 is 0 Å². The maximum absolute atomic E-state index is 10.6. The van der Waals surface area contributed by atoms with Gasteiger partial charge in [0.15, 0.2) is 12.4 Å². The van der Waals surface area contributed by atoms with Crippen molar-refractivity contribution in [3.05, 3.63) is 0 Å².